The van der Waals surface area contributed by atoms with Crippen LogP contribution in [0.3, 0.4) is 0 Å². The Bertz CT molecular complexity index is 349. The maximum atomic E-state index is 12.4. The van der Waals surface area contributed by atoms with Crippen LogP contribution in [-0.2, 0) is 23.9 Å². The van der Waals surface area contributed by atoms with E-state index in [0.29, 0.717) is 0 Å². The van der Waals surface area contributed by atoms with Crippen LogP contribution in [0, 0.1) is 5.92 Å². The van der Waals surface area contributed by atoms with Crippen LogP contribution in [0.15, 0.2) is 0 Å². The fraction of sp³-hybridized carbons (Fsp3) is 0.786. The first-order chi connectivity index (χ1) is 9.58. The lowest BCUT2D eigenvalue weighted by molar-refractivity contribution is -0.150. The molecule has 1 saturated carbocycles. The molecule has 0 unspecified atom stereocenters. The summed E-state index contributed by atoms with van der Waals surface area (Å²) in [7, 11) is 2.59. The predicted molar refractivity (Wildman–Crippen MR) is 71.8 cm³/mol. The highest BCUT2D eigenvalue weighted by Gasteiger charge is 2.27. The van der Waals surface area contributed by atoms with E-state index in [4.69, 9.17) is 0 Å². The molecule has 114 valence electrons. The van der Waals surface area contributed by atoms with Gasteiger partial charge in [0.2, 0.25) is 5.91 Å². The molecule has 0 aromatic heterocycles. The third-order valence-corrected chi connectivity index (χ3v) is 3.63. The molecule has 1 aliphatic rings. The SMILES string of the molecule is COC(=O)CCN(CC(=O)OC)C(=O)C1CCCCC1. The van der Waals surface area contributed by atoms with Gasteiger partial charge in [-0.2, -0.15) is 0 Å². The van der Waals surface area contributed by atoms with Crippen LogP contribution in [-0.4, -0.2) is 50.1 Å². The number of carbonyl (C=O) groups is 3. The normalized spacial score (nSPS) is 15.5. The molecule has 6 nitrogen and oxygen atoms in total. The smallest absolute Gasteiger partial charge is 0.325 e. The van der Waals surface area contributed by atoms with Gasteiger partial charge in [-0.05, 0) is 12.8 Å². The Morgan fingerprint density at radius 3 is 2.15 bits per heavy atom. The highest BCUT2D eigenvalue weighted by molar-refractivity contribution is 5.84. The topological polar surface area (TPSA) is 72.9 Å². The molecule has 20 heavy (non-hydrogen) atoms. The Kier molecular flexibility index (Phi) is 7.04. The minimum Gasteiger partial charge on any atom is -0.469 e. The Morgan fingerprint density at radius 2 is 1.60 bits per heavy atom. The third kappa shape index (κ3) is 5.19. The molecule has 0 radical (unpaired) electrons. The second-order valence-corrected chi connectivity index (χ2v) is 5.00. The largest absolute Gasteiger partial charge is 0.469 e. The molecule has 0 N–H and O–H groups in total. The molecule has 1 fully saturated rings. The average Bonchev–Trinajstić information content (AvgIpc) is 2.50. The average molecular weight is 285 g/mol. The number of nitrogens with zero attached hydrogens (tertiary/aromatic N) is 1. The molecule has 0 atom stereocenters. The van der Waals surface area contributed by atoms with E-state index in [2.05, 4.69) is 9.47 Å². The minimum atomic E-state index is -0.473. The number of hydrogen-bond donors (Lipinski definition) is 0. The summed E-state index contributed by atoms with van der Waals surface area (Å²) in [5.74, 6) is -0.958. The van der Waals surface area contributed by atoms with Crippen LogP contribution in [0.5, 0.6) is 0 Å². The van der Waals surface area contributed by atoms with E-state index < -0.39 is 11.9 Å². The van der Waals surface area contributed by atoms with Crippen molar-refractivity contribution in [1.29, 1.82) is 0 Å². The number of ether oxygens (including phenoxy) is 2. The Labute approximate surface area is 119 Å². The maximum Gasteiger partial charge on any atom is 0.325 e. The molecule has 0 saturated heterocycles. The Balaban J connectivity index is 2.61. The van der Waals surface area contributed by atoms with Crippen LogP contribution in [0.4, 0.5) is 0 Å². The van der Waals surface area contributed by atoms with Crippen molar-refractivity contribution in [2.45, 2.75) is 38.5 Å². The Morgan fingerprint density at radius 1 is 1.00 bits per heavy atom. The molecule has 0 spiro atoms. The fourth-order valence-corrected chi connectivity index (χ4v) is 2.42. The van der Waals surface area contributed by atoms with Gasteiger partial charge in [-0.1, -0.05) is 19.3 Å². The van der Waals surface area contributed by atoms with Crippen molar-refractivity contribution in [1.82, 2.24) is 4.90 Å². The van der Waals surface area contributed by atoms with Gasteiger partial charge >= 0.3 is 11.9 Å². The molecular weight excluding hydrogens is 262 g/mol. The van der Waals surface area contributed by atoms with Crippen LogP contribution in [0.1, 0.15) is 38.5 Å². The third-order valence-electron chi connectivity index (χ3n) is 3.63. The molecule has 1 amide bonds. The van der Waals surface area contributed by atoms with E-state index in [-0.39, 0.29) is 31.3 Å². The van der Waals surface area contributed by atoms with Gasteiger partial charge in [-0.25, -0.2) is 0 Å². The van der Waals surface area contributed by atoms with E-state index in [9.17, 15) is 14.4 Å². The summed E-state index contributed by atoms with van der Waals surface area (Å²) in [6.07, 6.45) is 5.04. The lowest BCUT2D eigenvalue weighted by Crippen LogP contribution is -2.41. The van der Waals surface area contributed by atoms with Crippen molar-refractivity contribution in [2.75, 3.05) is 27.3 Å². The van der Waals surface area contributed by atoms with Gasteiger partial charge in [0.1, 0.15) is 6.54 Å². The number of methoxy groups -OCH3 is 2. The minimum absolute atomic E-state index is 0.0361. The number of rotatable bonds is 6. The van der Waals surface area contributed by atoms with E-state index in [1.165, 1.54) is 19.1 Å². The van der Waals surface area contributed by atoms with Gasteiger partial charge in [0.15, 0.2) is 0 Å². The fourth-order valence-electron chi connectivity index (χ4n) is 2.42. The summed E-state index contributed by atoms with van der Waals surface area (Å²) in [5, 5.41) is 0. The van der Waals surface area contributed by atoms with Crippen molar-refractivity contribution in [2.24, 2.45) is 5.92 Å². The van der Waals surface area contributed by atoms with Crippen molar-refractivity contribution in [3.05, 3.63) is 0 Å². The molecule has 0 bridgehead atoms. The number of esters is 2. The van der Waals surface area contributed by atoms with Crippen LogP contribution in [0.25, 0.3) is 0 Å². The van der Waals surface area contributed by atoms with Crippen molar-refractivity contribution < 1.29 is 23.9 Å². The molecule has 0 aromatic carbocycles. The van der Waals surface area contributed by atoms with Crippen molar-refractivity contribution in [3.8, 4) is 0 Å². The summed E-state index contributed by atoms with van der Waals surface area (Å²) < 4.78 is 9.17. The number of carbonyl (C=O) groups excluding carboxylic acids is 3. The zero-order valence-corrected chi connectivity index (χ0v) is 12.2. The van der Waals surface area contributed by atoms with Crippen LogP contribution >= 0.6 is 0 Å². The van der Waals surface area contributed by atoms with Gasteiger partial charge in [-0.15, -0.1) is 0 Å². The summed E-state index contributed by atoms with van der Waals surface area (Å²) in [5.41, 5.74) is 0. The second-order valence-electron chi connectivity index (χ2n) is 5.00. The highest BCUT2D eigenvalue weighted by Crippen LogP contribution is 2.25. The predicted octanol–water partition coefficient (Wildman–Crippen LogP) is 1.13. The highest BCUT2D eigenvalue weighted by atomic mass is 16.5. The number of hydrogen-bond acceptors (Lipinski definition) is 5. The van der Waals surface area contributed by atoms with Gasteiger partial charge in [0, 0.05) is 12.5 Å². The lowest BCUT2D eigenvalue weighted by atomic mass is 9.88. The first-order valence-corrected chi connectivity index (χ1v) is 7.01. The summed E-state index contributed by atoms with van der Waals surface area (Å²) in [6.45, 7) is 0.0833. The summed E-state index contributed by atoms with van der Waals surface area (Å²) in [6, 6.07) is 0. The zero-order chi connectivity index (χ0) is 15.0. The standard InChI is InChI=1S/C14H23NO5/c1-19-12(16)8-9-15(10-13(17)20-2)14(18)11-6-4-3-5-7-11/h11H,3-10H2,1-2H3. The maximum absolute atomic E-state index is 12.4. The molecule has 1 aliphatic carbocycles. The van der Waals surface area contributed by atoms with E-state index in [0.717, 1.165) is 32.1 Å². The first-order valence-electron chi connectivity index (χ1n) is 7.01. The van der Waals surface area contributed by atoms with Crippen LogP contribution < -0.4 is 0 Å². The second kappa shape index (κ2) is 8.55. The van der Waals surface area contributed by atoms with Gasteiger partial charge in [0.05, 0.1) is 20.6 Å². The first kappa shape index (κ1) is 16.5. The van der Waals surface area contributed by atoms with Gasteiger partial charge in [-0.3, -0.25) is 14.4 Å². The van der Waals surface area contributed by atoms with E-state index >= 15 is 0 Å². The van der Waals surface area contributed by atoms with Gasteiger partial charge < -0.3 is 14.4 Å². The van der Waals surface area contributed by atoms with E-state index in [1.54, 1.807) is 0 Å². The monoisotopic (exact) mass is 285 g/mol. The molecule has 0 heterocycles. The molecular formula is C14H23NO5. The summed E-state index contributed by atoms with van der Waals surface area (Å²) in [4.78, 5) is 36.4. The molecule has 0 aromatic rings. The van der Waals surface area contributed by atoms with Crippen molar-refractivity contribution in [3.63, 3.8) is 0 Å². The summed E-state index contributed by atoms with van der Waals surface area (Å²) >= 11 is 0. The number of amides is 1. The zero-order valence-electron chi connectivity index (χ0n) is 12.2. The molecule has 0 aliphatic heterocycles. The quantitative estimate of drug-likeness (QED) is 0.684. The van der Waals surface area contributed by atoms with E-state index in [1.807, 2.05) is 0 Å². The van der Waals surface area contributed by atoms with Gasteiger partial charge in [0.25, 0.3) is 0 Å². The van der Waals surface area contributed by atoms with Crippen molar-refractivity contribution >= 4 is 17.8 Å². The molecule has 6 heteroatoms. The lowest BCUT2D eigenvalue weighted by Gasteiger charge is -2.28. The Hall–Kier alpha value is -1.59. The van der Waals surface area contributed by atoms with Crippen LogP contribution in [0.2, 0.25) is 0 Å². The molecule has 1 rings (SSSR count).